The predicted molar refractivity (Wildman–Crippen MR) is 110 cm³/mol. The minimum Gasteiger partial charge on any atom is -0.444 e. The minimum absolute atomic E-state index is 0.446. The van der Waals surface area contributed by atoms with Crippen LogP contribution in [-0.2, 0) is 16.5 Å². The first-order chi connectivity index (χ1) is 14.1. The molecule has 8 heteroatoms. The number of alkyl halides is 3. The predicted octanol–water partition coefficient (Wildman–Crippen LogP) is 5.85. The molecule has 0 spiro atoms. The summed E-state index contributed by atoms with van der Waals surface area (Å²) in [6.07, 6.45) is -1.70. The topological polar surface area (TPSA) is 41.6 Å². The van der Waals surface area contributed by atoms with E-state index in [4.69, 9.17) is 4.74 Å². The van der Waals surface area contributed by atoms with Crippen LogP contribution in [0, 0.1) is 11.7 Å². The second-order valence-electron chi connectivity index (χ2n) is 10.6. The third-order valence-corrected chi connectivity index (χ3v) is 5.74. The third-order valence-electron chi connectivity index (χ3n) is 5.74. The Morgan fingerprint density at radius 2 is 1.77 bits per heavy atom. The van der Waals surface area contributed by atoms with Gasteiger partial charge in [-0.25, -0.2) is 9.18 Å². The first-order valence-corrected chi connectivity index (χ1v) is 10.7. The van der Waals surface area contributed by atoms with Gasteiger partial charge in [-0.15, -0.1) is 0 Å². The van der Waals surface area contributed by atoms with E-state index in [-0.39, 0.29) is 0 Å². The Bertz CT molecular complexity index is 822. The zero-order valence-corrected chi connectivity index (χ0v) is 18.8. The molecule has 2 aliphatic carbocycles. The van der Waals surface area contributed by atoms with E-state index in [0.29, 0.717) is 30.9 Å². The molecular formula is C23H32F4N2O2. The maximum atomic E-state index is 13.9. The van der Waals surface area contributed by atoms with Crippen molar-refractivity contribution in [3.63, 3.8) is 0 Å². The summed E-state index contributed by atoms with van der Waals surface area (Å²) in [4.78, 5) is 14.5. The Balaban J connectivity index is 1.83. The molecule has 1 N–H and O–H groups in total. The van der Waals surface area contributed by atoms with E-state index >= 15 is 0 Å². The van der Waals surface area contributed by atoms with Crippen molar-refractivity contribution < 1.29 is 27.1 Å². The van der Waals surface area contributed by atoms with Crippen molar-refractivity contribution in [3.05, 3.63) is 35.1 Å². The smallest absolute Gasteiger partial charge is 0.419 e. The average molecular weight is 445 g/mol. The molecule has 2 saturated carbocycles. The van der Waals surface area contributed by atoms with Crippen LogP contribution in [0.2, 0.25) is 0 Å². The molecule has 0 heterocycles. The highest BCUT2D eigenvalue weighted by Crippen LogP contribution is 2.53. The van der Waals surface area contributed by atoms with Gasteiger partial charge < -0.3 is 10.1 Å². The van der Waals surface area contributed by atoms with Gasteiger partial charge in [0.25, 0.3) is 0 Å². The molecule has 1 aromatic rings. The second kappa shape index (κ2) is 7.94. The lowest BCUT2D eigenvalue weighted by Gasteiger charge is -2.39. The lowest BCUT2D eigenvalue weighted by Crippen LogP contribution is -2.55. The molecule has 1 amide bonds. The van der Waals surface area contributed by atoms with Crippen LogP contribution >= 0.6 is 0 Å². The Kier molecular flexibility index (Phi) is 6.10. The summed E-state index contributed by atoms with van der Waals surface area (Å²) in [5.74, 6) is -0.759. The van der Waals surface area contributed by atoms with Gasteiger partial charge in [-0.1, -0.05) is 6.07 Å². The molecule has 0 unspecified atom stereocenters. The molecule has 0 bridgehead atoms. The number of carbonyl (C=O) groups is 1. The van der Waals surface area contributed by atoms with E-state index in [1.165, 1.54) is 6.07 Å². The largest absolute Gasteiger partial charge is 0.444 e. The fraction of sp³-hybridized carbons (Fsp3) is 0.696. The molecule has 0 saturated heterocycles. The summed E-state index contributed by atoms with van der Waals surface area (Å²) in [7, 11) is 0. The van der Waals surface area contributed by atoms with Crippen LogP contribution in [0.4, 0.5) is 22.4 Å². The lowest BCUT2D eigenvalue weighted by molar-refractivity contribution is -0.140. The van der Waals surface area contributed by atoms with Crippen LogP contribution < -0.4 is 5.32 Å². The number of hydrogen-bond acceptors (Lipinski definition) is 3. The summed E-state index contributed by atoms with van der Waals surface area (Å²) in [5.41, 5.74) is -2.61. The third kappa shape index (κ3) is 6.11. The molecule has 174 valence electrons. The van der Waals surface area contributed by atoms with Crippen molar-refractivity contribution in [1.29, 1.82) is 0 Å². The molecule has 4 nitrogen and oxygen atoms in total. The van der Waals surface area contributed by atoms with Crippen molar-refractivity contribution in [3.8, 4) is 0 Å². The molecule has 0 aliphatic heterocycles. The highest BCUT2D eigenvalue weighted by atomic mass is 19.4. The van der Waals surface area contributed by atoms with Crippen molar-refractivity contribution in [2.75, 3.05) is 13.1 Å². The normalized spacial score (nSPS) is 18.8. The van der Waals surface area contributed by atoms with Gasteiger partial charge in [0.2, 0.25) is 0 Å². The highest BCUT2D eigenvalue weighted by molar-refractivity contribution is 5.68. The zero-order chi connectivity index (χ0) is 23.2. The van der Waals surface area contributed by atoms with Gasteiger partial charge in [-0.05, 0) is 83.9 Å². The second-order valence-corrected chi connectivity index (χ2v) is 10.6. The van der Waals surface area contributed by atoms with E-state index in [1.54, 1.807) is 20.8 Å². The Morgan fingerprint density at radius 1 is 1.16 bits per heavy atom. The number of rotatable bonds is 7. The lowest BCUT2D eigenvalue weighted by atomic mass is 9.96. The summed E-state index contributed by atoms with van der Waals surface area (Å²) < 4.78 is 59.1. The first kappa shape index (κ1) is 23.8. The van der Waals surface area contributed by atoms with Crippen LogP contribution in [0.15, 0.2) is 18.2 Å². The van der Waals surface area contributed by atoms with Crippen molar-refractivity contribution in [1.82, 2.24) is 10.2 Å². The standard InChI is InChI=1S/C23H32F4N2O2/c1-20(2,3)31-19(30)28-21(4,5)14-29(13-15-6-7-15)22(10-11-22)16-8-9-18(24)17(12-16)23(25,26)27/h8-9,12,15H,6-7,10-11,13-14H2,1-5H3,(H,28,30). The van der Waals surface area contributed by atoms with E-state index in [1.807, 2.05) is 13.8 Å². The number of hydrogen-bond donors (Lipinski definition) is 1. The Labute approximate surface area is 181 Å². The molecule has 3 rings (SSSR count). The number of halogens is 4. The summed E-state index contributed by atoms with van der Waals surface area (Å²) in [5, 5.41) is 2.89. The molecule has 2 fully saturated rings. The van der Waals surface area contributed by atoms with Gasteiger partial charge in [-0.2, -0.15) is 13.2 Å². The van der Waals surface area contributed by atoms with Gasteiger partial charge in [0.15, 0.2) is 0 Å². The van der Waals surface area contributed by atoms with Gasteiger partial charge >= 0.3 is 12.3 Å². The Hall–Kier alpha value is -1.83. The van der Waals surface area contributed by atoms with Gasteiger partial charge in [0.1, 0.15) is 11.4 Å². The summed E-state index contributed by atoms with van der Waals surface area (Å²) in [6.45, 7) is 10.3. The quantitative estimate of drug-likeness (QED) is 0.537. The van der Waals surface area contributed by atoms with E-state index < -0.39 is 40.3 Å². The monoisotopic (exact) mass is 444 g/mol. The number of benzene rings is 1. The van der Waals surface area contributed by atoms with Crippen molar-refractivity contribution in [2.24, 2.45) is 5.92 Å². The molecule has 2 aliphatic rings. The molecule has 0 radical (unpaired) electrons. The van der Waals surface area contributed by atoms with E-state index in [9.17, 15) is 22.4 Å². The highest BCUT2D eigenvalue weighted by Gasteiger charge is 2.52. The van der Waals surface area contributed by atoms with Crippen LogP contribution in [0.25, 0.3) is 0 Å². The van der Waals surface area contributed by atoms with Crippen molar-refractivity contribution >= 4 is 6.09 Å². The molecule has 31 heavy (non-hydrogen) atoms. The first-order valence-electron chi connectivity index (χ1n) is 10.7. The van der Waals surface area contributed by atoms with Gasteiger partial charge in [0, 0.05) is 18.6 Å². The molecule has 1 aromatic carbocycles. The Morgan fingerprint density at radius 3 is 2.26 bits per heavy atom. The van der Waals surface area contributed by atoms with E-state index in [2.05, 4.69) is 10.2 Å². The minimum atomic E-state index is -4.74. The molecular weight excluding hydrogens is 412 g/mol. The zero-order valence-electron chi connectivity index (χ0n) is 18.8. The van der Waals surface area contributed by atoms with Crippen molar-refractivity contribution in [2.45, 2.75) is 83.2 Å². The number of alkyl carbamates (subject to hydrolysis) is 1. The number of ether oxygens (including phenoxy) is 1. The van der Waals surface area contributed by atoms with E-state index in [0.717, 1.165) is 31.5 Å². The fourth-order valence-corrected chi connectivity index (χ4v) is 4.04. The van der Waals surface area contributed by atoms with Gasteiger partial charge in [0.05, 0.1) is 11.1 Å². The molecule has 0 atom stereocenters. The summed E-state index contributed by atoms with van der Waals surface area (Å²) in [6, 6.07) is 3.33. The van der Waals surface area contributed by atoms with Crippen LogP contribution in [-0.4, -0.2) is 35.2 Å². The molecule has 0 aromatic heterocycles. The van der Waals surface area contributed by atoms with Crippen LogP contribution in [0.5, 0.6) is 0 Å². The number of nitrogens with one attached hydrogen (secondary N) is 1. The van der Waals surface area contributed by atoms with Gasteiger partial charge in [-0.3, -0.25) is 4.90 Å². The average Bonchev–Trinajstić information content (AvgIpc) is 3.46. The number of amides is 1. The fourth-order valence-electron chi connectivity index (χ4n) is 4.04. The SMILES string of the molecule is CC(C)(CN(CC1CC1)C1(c2ccc(F)c(C(F)(F)F)c2)CC1)NC(=O)OC(C)(C)C. The number of carbonyl (C=O) groups excluding carboxylic acids is 1. The van der Waals surface area contributed by atoms with Crippen LogP contribution in [0.1, 0.15) is 71.4 Å². The summed E-state index contributed by atoms with van der Waals surface area (Å²) >= 11 is 0. The number of nitrogens with zero attached hydrogens (tertiary/aromatic N) is 1. The maximum Gasteiger partial charge on any atom is 0.419 e. The maximum absolute atomic E-state index is 13.9. The van der Waals surface area contributed by atoms with Crippen LogP contribution in [0.3, 0.4) is 0 Å².